The number of aryl methyl sites for hydroxylation is 1. The molecule has 2 aromatic rings. The zero-order valence-corrected chi connectivity index (χ0v) is 15.9. The summed E-state index contributed by atoms with van der Waals surface area (Å²) in [5.41, 5.74) is 2.87. The molecule has 1 fully saturated rings. The summed E-state index contributed by atoms with van der Waals surface area (Å²) in [4.78, 5) is 28.8. The maximum atomic E-state index is 12.6. The van der Waals surface area contributed by atoms with Gasteiger partial charge in [0.15, 0.2) is 0 Å². The van der Waals surface area contributed by atoms with Crippen molar-refractivity contribution in [2.75, 3.05) is 26.2 Å². The molecular weight excluding hydrogens is 340 g/mol. The molecule has 0 bridgehead atoms. The molecule has 5 nitrogen and oxygen atoms in total. The Morgan fingerprint density at radius 2 is 1.52 bits per heavy atom. The molecule has 1 aliphatic heterocycles. The maximum absolute atomic E-state index is 12.6. The van der Waals surface area contributed by atoms with Crippen molar-refractivity contribution < 1.29 is 14.3 Å². The molecular formula is C22H26N2O3. The number of piperazine rings is 1. The zero-order chi connectivity index (χ0) is 19.2. The summed E-state index contributed by atoms with van der Waals surface area (Å²) >= 11 is 0. The number of hydrogen-bond acceptors (Lipinski definition) is 3. The van der Waals surface area contributed by atoms with Crippen molar-refractivity contribution in [3.8, 4) is 0 Å². The van der Waals surface area contributed by atoms with Gasteiger partial charge >= 0.3 is 0 Å². The van der Waals surface area contributed by atoms with E-state index in [4.69, 9.17) is 4.74 Å². The number of benzene rings is 2. The number of carbonyl (C=O) groups is 2. The Labute approximate surface area is 160 Å². The van der Waals surface area contributed by atoms with Crippen LogP contribution < -0.4 is 0 Å². The van der Waals surface area contributed by atoms with E-state index in [1.165, 1.54) is 0 Å². The van der Waals surface area contributed by atoms with Crippen LogP contribution in [-0.4, -0.2) is 53.9 Å². The third-order valence-corrected chi connectivity index (χ3v) is 4.87. The van der Waals surface area contributed by atoms with E-state index in [1.807, 2.05) is 66.4 Å². The number of hydrogen-bond donors (Lipinski definition) is 0. The predicted octanol–water partition coefficient (Wildman–Crippen LogP) is 2.88. The number of carbonyl (C=O) groups excluding carboxylic acids is 2. The van der Waals surface area contributed by atoms with E-state index in [2.05, 4.69) is 0 Å². The first-order valence-corrected chi connectivity index (χ1v) is 9.35. The first kappa shape index (κ1) is 19.1. The lowest BCUT2D eigenvalue weighted by Gasteiger charge is -2.36. The lowest BCUT2D eigenvalue weighted by Crippen LogP contribution is -2.52. The minimum Gasteiger partial charge on any atom is -0.364 e. The molecule has 1 aliphatic rings. The summed E-state index contributed by atoms with van der Waals surface area (Å²) in [6, 6.07) is 17.4. The number of ether oxygens (including phenoxy) is 1. The van der Waals surface area contributed by atoms with E-state index in [0.717, 1.165) is 11.1 Å². The van der Waals surface area contributed by atoms with Gasteiger partial charge in [0, 0.05) is 31.7 Å². The SMILES string of the molecule is Cc1ccc(C(=O)N2CCN(C(=O)C(C)OCc3ccccc3)CC2)cc1. The van der Waals surface area contributed by atoms with Crippen LogP contribution in [0.15, 0.2) is 54.6 Å². The molecule has 142 valence electrons. The fraction of sp³-hybridized carbons (Fsp3) is 0.364. The van der Waals surface area contributed by atoms with Crippen LogP contribution in [-0.2, 0) is 16.1 Å². The second-order valence-corrected chi connectivity index (χ2v) is 6.92. The molecule has 0 saturated carbocycles. The molecule has 0 spiro atoms. The van der Waals surface area contributed by atoms with Gasteiger partial charge in [0.1, 0.15) is 6.10 Å². The average Bonchev–Trinajstić information content (AvgIpc) is 2.72. The molecule has 0 N–H and O–H groups in total. The zero-order valence-electron chi connectivity index (χ0n) is 15.9. The van der Waals surface area contributed by atoms with Gasteiger partial charge in [-0.15, -0.1) is 0 Å². The van der Waals surface area contributed by atoms with Crippen molar-refractivity contribution >= 4 is 11.8 Å². The molecule has 1 saturated heterocycles. The third kappa shape index (κ3) is 4.95. The van der Waals surface area contributed by atoms with E-state index in [0.29, 0.717) is 38.3 Å². The van der Waals surface area contributed by atoms with Crippen molar-refractivity contribution in [2.24, 2.45) is 0 Å². The molecule has 2 aromatic carbocycles. The van der Waals surface area contributed by atoms with Gasteiger partial charge in [-0.05, 0) is 31.5 Å². The van der Waals surface area contributed by atoms with Crippen LogP contribution in [0.4, 0.5) is 0 Å². The minimum absolute atomic E-state index is 0.0200. The topological polar surface area (TPSA) is 49.9 Å². The lowest BCUT2D eigenvalue weighted by atomic mass is 10.1. The molecule has 27 heavy (non-hydrogen) atoms. The predicted molar refractivity (Wildman–Crippen MR) is 104 cm³/mol. The highest BCUT2D eigenvalue weighted by Gasteiger charge is 2.27. The third-order valence-electron chi connectivity index (χ3n) is 4.87. The van der Waals surface area contributed by atoms with Crippen LogP contribution in [0.2, 0.25) is 0 Å². The normalized spacial score (nSPS) is 15.5. The Balaban J connectivity index is 1.48. The number of rotatable bonds is 5. The maximum Gasteiger partial charge on any atom is 0.253 e. The first-order chi connectivity index (χ1) is 13.0. The summed E-state index contributed by atoms with van der Waals surface area (Å²) in [5, 5.41) is 0. The molecule has 1 unspecified atom stereocenters. The average molecular weight is 366 g/mol. The van der Waals surface area contributed by atoms with Crippen molar-refractivity contribution in [1.29, 1.82) is 0 Å². The van der Waals surface area contributed by atoms with Crippen molar-refractivity contribution in [3.05, 3.63) is 71.3 Å². The number of nitrogens with zero attached hydrogens (tertiary/aromatic N) is 2. The fourth-order valence-corrected chi connectivity index (χ4v) is 3.13. The van der Waals surface area contributed by atoms with Crippen molar-refractivity contribution in [2.45, 2.75) is 26.6 Å². The van der Waals surface area contributed by atoms with Gasteiger partial charge < -0.3 is 14.5 Å². The molecule has 3 rings (SSSR count). The summed E-state index contributed by atoms with van der Waals surface area (Å²) in [7, 11) is 0. The van der Waals surface area contributed by atoms with E-state index in [9.17, 15) is 9.59 Å². The van der Waals surface area contributed by atoms with Gasteiger partial charge in [0.05, 0.1) is 6.61 Å². The van der Waals surface area contributed by atoms with Crippen LogP contribution in [0.1, 0.15) is 28.4 Å². The highest BCUT2D eigenvalue weighted by Crippen LogP contribution is 2.12. The molecule has 0 radical (unpaired) electrons. The second-order valence-electron chi connectivity index (χ2n) is 6.92. The molecule has 0 aliphatic carbocycles. The van der Waals surface area contributed by atoms with Gasteiger partial charge in [0.25, 0.3) is 11.8 Å². The van der Waals surface area contributed by atoms with Crippen molar-refractivity contribution in [1.82, 2.24) is 9.80 Å². The summed E-state index contributed by atoms with van der Waals surface area (Å²) in [5.74, 6) is 0.00356. The summed E-state index contributed by atoms with van der Waals surface area (Å²) < 4.78 is 5.73. The fourth-order valence-electron chi connectivity index (χ4n) is 3.13. The number of amides is 2. The minimum atomic E-state index is -0.496. The summed E-state index contributed by atoms with van der Waals surface area (Å²) in [6.45, 7) is 6.37. The second kappa shape index (κ2) is 8.82. The quantitative estimate of drug-likeness (QED) is 0.818. The Morgan fingerprint density at radius 3 is 2.15 bits per heavy atom. The Hall–Kier alpha value is -2.66. The molecule has 0 aromatic heterocycles. The van der Waals surface area contributed by atoms with Crippen LogP contribution in [0, 0.1) is 6.92 Å². The van der Waals surface area contributed by atoms with Gasteiger partial charge in [-0.25, -0.2) is 0 Å². The first-order valence-electron chi connectivity index (χ1n) is 9.35. The van der Waals surface area contributed by atoms with Crippen LogP contribution in [0.3, 0.4) is 0 Å². The Bertz CT molecular complexity index is 766. The van der Waals surface area contributed by atoms with Gasteiger partial charge in [0.2, 0.25) is 0 Å². The monoisotopic (exact) mass is 366 g/mol. The van der Waals surface area contributed by atoms with E-state index in [1.54, 1.807) is 11.8 Å². The largest absolute Gasteiger partial charge is 0.364 e. The van der Waals surface area contributed by atoms with E-state index >= 15 is 0 Å². The van der Waals surface area contributed by atoms with Crippen LogP contribution >= 0.6 is 0 Å². The Kier molecular flexibility index (Phi) is 6.24. The van der Waals surface area contributed by atoms with Gasteiger partial charge in [-0.3, -0.25) is 9.59 Å². The van der Waals surface area contributed by atoms with E-state index < -0.39 is 6.10 Å². The molecule has 1 heterocycles. The van der Waals surface area contributed by atoms with Gasteiger partial charge in [-0.1, -0.05) is 48.0 Å². The van der Waals surface area contributed by atoms with Crippen LogP contribution in [0.5, 0.6) is 0 Å². The Morgan fingerprint density at radius 1 is 0.926 bits per heavy atom. The van der Waals surface area contributed by atoms with E-state index in [-0.39, 0.29) is 11.8 Å². The highest BCUT2D eigenvalue weighted by atomic mass is 16.5. The molecule has 2 amide bonds. The van der Waals surface area contributed by atoms with Crippen LogP contribution in [0.25, 0.3) is 0 Å². The van der Waals surface area contributed by atoms with Gasteiger partial charge in [-0.2, -0.15) is 0 Å². The summed E-state index contributed by atoms with van der Waals surface area (Å²) in [6.07, 6.45) is -0.496. The van der Waals surface area contributed by atoms with Crippen molar-refractivity contribution in [3.63, 3.8) is 0 Å². The smallest absolute Gasteiger partial charge is 0.253 e. The lowest BCUT2D eigenvalue weighted by molar-refractivity contribution is -0.144. The molecule has 5 heteroatoms. The highest BCUT2D eigenvalue weighted by molar-refractivity contribution is 5.94. The standard InChI is InChI=1S/C22H26N2O3/c1-17-8-10-20(11-9-17)22(26)24-14-12-23(13-15-24)21(25)18(2)27-16-19-6-4-3-5-7-19/h3-11,18H,12-16H2,1-2H3. The molecule has 1 atom stereocenters.